The Morgan fingerprint density at radius 2 is 2.03 bits per heavy atom. The fourth-order valence-electron chi connectivity index (χ4n) is 4.15. The Bertz CT molecular complexity index is 939. The molecular formula is C27H35NO4S. The predicted molar refractivity (Wildman–Crippen MR) is 133 cm³/mol. The number of amides is 1. The molecule has 0 spiro atoms. The minimum atomic E-state index is -0.590. The maximum absolute atomic E-state index is 12.4. The van der Waals surface area contributed by atoms with Crippen LogP contribution >= 0.6 is 11.3 Å². The standard InChI is InChI=1S/C27H35NO4S/c1-5-8-9-12-23(20(6-2)7-3)24(29)16-13-21-14-18-26(30)28(21)19-10-11-22-15-17-25(33-22)27(31)32-4/h13,15-17,20-21,23-24,29H,5-7,12,14,18-19H2,1-4H3. The molecule has 33 heavy (non-hydrogen) atoms. The van der Waals surface area contributed by atoms with Gasteiger partial charge in [0.25, 0.3) is 0 Å². The molecule has 1 saturated heterocycles. The number of nitrogens with zero attached hydrogens (tertiary/aromatic N) is 1. The molecule has 2 rings (SSSR count). The van der Waals surface area contributed by atoms with Crippen LogP contribution in [0.4, 0.5) is 0 Å². The van der Waals surface area contributed by atoms with Crippen LogP contribution in [0.3, 0.4) is 0 Å². The van der Waals surface area contributed by atoms with Crippen molar-refractivity contribution in [1.29, 1.82) is 0 Å². The van der Waals surface area contributed by atoms with Gasteiger partial charge >= 0.3 is 5.97 Å². The van der Waals surface area contributed by atoms with Crippen molar-refractivity contribution in [1.82, 2.24) is 4.90 Å². The summed E-state index contributed by atoms with van der Waals surface area (Å²) in [4.78, 5) is 27.0. The number of methoxy groups -OCH3 is 1. The Kier molecular flexibility index (Phi) is 11.2. The van der Waals surface area contributed by atoms with E-state index < -0.39 is 6.10 Å². The predicted octanol–water partition coefficient (Wildman–Crippen LogP) is 4.65. The average Bonchev–Trinajstić information content (AvgIpc) is 3.43. The molecule has 1 aliphatic rings. The van der Waals surface area contributed by atoms with Crippen molar-refractivity contribution < 1.29 is 19.4 Å². The number of carbonyl (C=O) groups is 2. The molecule has 0 radical (unpaired) electrons. The first-order valence-corrected chi connectivity index (χ1v) is 12.5. The van der Waals surface area contributed by atoms with E-state index in [0.717, 1.165) is 30.6 Å². The smallest absolute Gasteiger partial charge is 0.348 e. The van der Waals surface area contributed by atoms with Crippen LogP contribution in [-0.4, -0.2) is 47.7 Å². The Hall–Kier alpha value is -2.54. The van der Waals surface area contributed by atoms with Crippen LogP contribution in [0.5, 0.6) is 0 Å². The quantitative estimate of drug-likeness (QED) is 0.325. The second kappa shape index (κ2) is 13.9. The number of likely N-dealkylation sites (tertiary alicyclic amines) is 1. The van der Waals surface area contributed by atoms with E-state index in [0.29, 0.717) is 30.2 Å². The van der Waals surface area contributed by atoms with Gasteiger partial charge < -0.3 is 14.7 Å². The number of rotatable bonds is 9. The van der Waals surface area contributed by atoms with Crippen LogP contribution in [0.15, 0.2) is 24.3 Å². The Morgan fingerprint density at radius 3 is 2.70 bits per heavy atom. The summed E-state index contributed by atoms with van der Waals surface area (Å²) < 4.78 is 4.72. The number of ether oxygens (including phenoxy) is 1. The van der Waals surface area contributed by atoms with Gasteiger partial charge in [0, 0.05) is 25.2 Å². The van der Waals surface area contributed by atoms with E-state index in [4.69, 9.17) is 4.74 Å². The zero-order valence-corrected chi connectivity index (χ0v) is 20.9. The lowest BCUT2D eigenvalue weighted by Gasteiger charge is -2.27. The van der Waals surface area contributed by atoms with Gasteiger partial charge in [-0.1, -0.05) is 57.6 Å². The lowest BCUT2D eigenvalue weighted by atomic mass is 9.81. The first-order chi connectivity index (χ1) is 15.9. The SMILES string of the molecule is CCC#CCC(C(O)C=CC1CCC(=O)N1CC#Cc1ccc(C(=O)OC)s1)C(CC)CC. The summed E-state index contributed by atoms with van der Waals surface area (Å²) in [7, 11) is 1.35. The number of thiophene rings is 1. The summed E-state index contributed by atoms with van der Waals surface area (Å²) in [5.41, 5.74) is 0. The van der Waals surface area contributed by atoms with E-state index in [-0.39, 0.29) is 23.8 Å². The van der Waals surface area contributed by atoms with Gasteiger partial charge in [-0.15, -0.1) is 23.2 Å². The summed E-state index contributed by atoms with van der Waals surface area (Å²) in [6.45, 7) is 6.65. The lowest BCUT2D eigenvalue weighted by Crippen LogP contribution is -2.33. The van der Waals surface area contributed by atoms with Gasteiger partial charge in [-0.2, -0.15) is 0 Å². The van der Waals surface area contributed by atoms with Crippen molar-refractivity contribution >= 4 is 23.2 Å². The largest absolute Gasteiger partial charge is 0.465 e. The minimum absolute atomic E-state index is 0.0697. The van der Waals surface area contributed by atoms with Crippen molar-refractivity contribution in [2.75, 3.05) is 13.7 Å². The fourth-order valence-corrected chi connectivity index (χ4v) is 4.95. The minimum Gasteiger partial charge on any atom is -0.465 e. The van der Waals surface area contributed by atoms with Crippen LogP contribution in [0, 0.1) is 35.5 Å². The second-order valence-corrected chi connectivity index (χ2v) is 9.20. The number of hydrogen-bond acceptors (Lipinski definition) is 5. The van der Waals surface area contributed by atoms with Crippen molar-refractivity contribution in [3.63, 3.8) is 0 Å². The molecule has 0 saturated carbocycles. The van der Waals surface area contributed by atoms with Gasteiger partial charge in [-0.3, -0.25) is 4.79 Å². The molecule has 1 aliphatic heterocycles. The molecule has 1 N–H and O–H groups in total. The van der Waals surface area contributed by atoms with Crippen LogP contribution in [-0.2, 0) is 9.53 Å². The Balaban J connectivity index is 2.05. The maximum atomic E-state index is 12.4. The van der Waals surface area contributed by atoms with Crippen molar-refractivity contribution in [2.24, 2.45) is 11.8 Å². The summed E-state index contributed by atoms with van der Waals surface area (Å²) >= 11 is 1.27. The molecule has 1 aromatic heterocycles. The molecule has 1 amide bonds. The van der Waals surface area contributed by atoms with Crippen LogP contribution in [0.25, 0.3) is 0 Å². The highest BCUT2D eigenvalue weighted by molar-refractivity contribution is 7.14. The van der Waals surface area contributed by atoms with Gasteiger partial charge in [-0.05, 0) is 24.5 Å². The van der Waals surface area contributed by atoms with E-state index in [1.165, 1.54) is 18.4 Å². The number of hydrogen-bond donors (Lipinski definition) is 1. The van der Waals surface area contributed by atoms with Gasteiger partial charge in [0.1, 0.15) is 4.88 Å². The number of esters is 1. The molecule has 3 atom stereocenters. The number of aliphatic hydroxyl groups is 1. The van der Waals surface area contributed by atoms with Crippen LogP contribution in [0.2, 0.25) is 0 Å². The summed E-state index contributed by atoms with van der Waals surface area (Å²) in [6, 6.07) is 3.40. The normalized spacial score (nSPS) is 17.5. The highest BCUT2D eigenvalue weighted by Crippen LogP contribution is 2.27. The number of aliphatic hydroxyl groups excluding tert-OH is 1. The van der Waals surface area contributed by atoms with Gasteiger partial charge in [0.2, 0.25) is 5.91 Å². The topological polar surface area (TPSA) is 66.8 Å². The summed E-state index contributed by atoms with van der Waals surface area (Å²) in [5, 5.41) is 10.9. The van der Waals surface area contributed by atoms with Crippen LogP contribution in [0.1, 0.15) is 73.8 Å². The first kappa shape index (κ1) is 26.7. The van der Waals surface area contributed by atoms with Crippen molar-refractivity contribution in [3.05, 3.63) is 34.0 Å². The molecule has 3 unspecified atom stereocenters. The molecule has 5 nitrogen and oxygen atoms in total. The van der Waals surface area contributed by atoms with Gasteiger partial charge in [0.05, 0.1) is 30.7 Å². The monoisotopic (exact) mass is 469 g/mol. The molecule has 2 heterocycles. The molecule has 0 bridgehead atoms. The zero-order chi connectivity index (χ0) is 24.2. The Morgan fingerprint density at radius 1 is 1.27 bits per heavy atom. The highest BCUT2D eigenvalue weighted by Gasteiger charge is 2.29. The van der Waals surface area contributed by atoms with E-state index >= 15 is 0 Å². The van der Waals surface area contributed by atoms with E-state index in [1.54, 1.807) is 17.0 Å². The zero-order valence-electron chi connectivity index (χ0n) is 20.1. The fraction of sp³-hybridized carbons (Fsp3) is 0.556. The molecule has 178 valence electrons. The highest BCUT2D eigenvalue weighted by atomic mass is 32.1. The summed E-state index contributed by atoms with van der Waals surface area (Å²) in [5.74, 6) is 12.6. The van der Waals surface area contributed by atoms with Gasteiger partial charge in [0.15, 0.2) is 0 Å². The molecule has 0 aliphatic carbocycles. The molecule has 0 aromatic carbocycles. The molecule has 1 aromatic rings. The maximum Gasteiger partial charge on any atom is 0.348 e. The third-order valence-electron chi connectivity index (χ3n) is 6.09. The summed E-state index contributed by atoms with van der Waals surface area (Å²) in [6.07, 6.45) is 7.93. The van der Waals surface area contributed by atoms with E-state index in [9.17, 15) is 14.7 Å². The van der Waals surface area contributed by atoms with Crippen molar-refractivity contribution in [2.45, 2.75) is 71.4 Å². The van der Waals surface area contributed by atoms with E-state index in [1.807, 2.05) is 19.1 Å². The lowest BCUT2D eigenvalue weighted by molar-refractivity contribution is -0.127. The first-order valence-electron chi connectivity index (χ1n) is 11.7. The second-order valence-electron chi connectivity index (χ2n) is 8.11. The molecule has 6 heteroatoms. The Labute approximate surface area is 202 Å². The van der Waals surface area contributed by atoms with Crippen LogP contribution < -0.4 is 0 Å². The van der Waals surface area contributed by atoms with Gasteiger partial charge in [-0.25, -0.2) is 4.79 Å². The average molecular weight is 470 g/mol. The molecular weight excluding hydrogens is 434 g/mol. The third-order valence-corrected chi connectivity index (χ3v) is 7.07. The number of carbonyl (C=O) groups excluding carboxylic acids is 2. The van der Waals surface area contributed by atoms with E-state index in [2.05, 4.69) is 37.5 Å². The van der Waals surface area contributed by atoms with Crippen molar-refractivity contribution in [3.8, 4) is 23.7 Å². The third kappa shape index (κ3) is 7.77. The molecule has 1 fully saturated rings.